The number of hydrogen-bond acceptors (Lipinski definition) is 3. The summed E-state index contributed by atoms with van der Waals surface area (Å²) in [6, 6.07) is 0. The lowest BCUT2D eigenvalue weighted by Crippen LogP contribution is -2.04. The average Bonchev–Trinajstić information content (AvgIpc) is 2.03. The average molecular weight is 159 g/mol. The fourth-order valence-corrected chi connectivity index (χ4v) is 0.578. The first-order valence-corrected chi connectivity index (χ1v) is 3.92. The molecule has 11 heavy (non-hydrogen) atoms. The van der Waals surface area contributed by atoms with Crippen LogP contribution in [0.25, 0.3) is 0 Å². The van der Waals surface area contributed by atoms with Crippen LogP contribution >= 0.6 is 0 Å². The molecule has 0 radical (unpaired) electrons. The van der Waals surface area contributed by atoms with E-state index in [9.17, 15) is 0 Å². The van der Waals surface area contributed by atoms with E-state index < -0.39 is 0 Å². The zero-order valence-corrected chi connectivity index (χ0v) is 7.08. The molecular formula is C8H17NO2. The largest absolute Gasteiger partial charge is 0.379 e. The Morgan fingerprint density at radius 2 is 1.91 bits per heavy atom. The summed E-state index contributed by atoms with van der Waals surface area (Å²) < 4.78 is 10.2. The third-order valence-corrected chi connectivity index (χ3v) is 1.09. The van der Waals surface area contributed by atoms with Crippen LogP contribution in [0, 0.1) is 0 Å². The molecule has 3 heteroatoms. The zero-order chi connectivity index (χ0) is 8.36. The van der Waals surface area contributed by atoms with Crippen LogP contribution in [-0.2, 0) is 9.47 Å². The third kappa shape index (κ3) is 9.62. The van der Waals surface area contributed by atoms with Gasteiger partial charge in [-0.1, -0.05) is 12.2 Å². The van der Waals surface area contributed by atoms with Crippen molar-refractivity contribution in [1.29, 1.82) is 0 Å². The summed E-state index contributed by atoms with van der Waals surface area (Å²) in [5.41, 5.74) is 5.22. The van der Waals surface area contributed by atoms with E-state index in [-0.39, 0.29) is 0 Å². The molecule has 0 atom stereocenters. The van der Waals surface area contributed by atoms with E-state index in [0.717, 1.165) is 6.61 Å². The summed E-state index contributed by atoms with van der Waals surface area (Å²) in [6.45, 7) is 5.26. The second-order valence-corrected chi connectivity index (χ2v) is 1.98. The number of hydrogen-bond donors (Lipinski definition) is 1. The standard InChI is InChI=1S/C8H17NO2/c1-2-10-7-8-11-6-4-3-5-9/h3-4H,2,5-9H2,1H3. The second kappa shape index (κ2) is 9.62. The van der Waals surface area contributed by atoms with Crippen molar-refractivity contribution < 1.29 is 9.47 Å². The van der Waals surface area contributed by atoms with Crippen molar-refractivity contribution in [3.8, 4) is 0 Å². The number of rotatable bonds is 7. The first-order valence-electron chi connectivity index (χ1n) is 3.92. The molecule has 0 unspecified atom stereocenters. The molecule has 0 aliphatic rings. The lowest BCUT2D eigenvalue weighted by Gasteiger charge is -2.00. The molecule has 66 valence electrons. The number of nitrogens with two attached hydrogens (primary N) is 1. The van der Waals surface area contributed by atoms with E-state index in [1.807, 2.05) is 19.1 Å². The Morgan fingerprint density at radius 3 is 2.55 bits per heavy atom. The van der Waals surface area contributed by atoms with Crippen LogP contribution in [0.2, 0.25) is 0 Å². The van der Waals surface area contributed by atoms with Crippen LogP contribution in [0.1, 0.15) is 6.92 Å². The molecule has 0 amide bonds. The predicted octanol–water partition coefficient (Wildman–Crippen LogP) is 0.554. The Morgan fingerprint density at radius 1 is 1.18 bits per heavy atom. The smallest absolute Gasteiger partial charge is 0.0704 e. The molecule has 0 saturated heterocycles. The van der Waals surface area contributed by atoms with Crippen molar-refractivity contribution in [1.82, 2.24) is 0 Å². The maximum Gasteiger partial charge on any atom is 0.0704 e. The van der Waals surface area contributed by atoms with Crippen molar-refractivity contribution in [3.63, 3.8) is 0 Å². The van der Waals surface area contributed by atoms with E-state index in [4.69, 9.17) is 15.2 Å². The molecule has 0 rings (SSSR count). The highest BCUT2D eigenvalue weighted by atomic mass is 16.5. The fourth-order valence-electron chi connectivity index (χ4n) is 0.578. The fraction of sp³-hybridized carbons (Fsp3) is 0.750. The summed E-state index contributed by atoms with van der Waals surface area (Å²) in [5.74, 6) is 0. The third-order valence-electron chi connectivity index (χ3n) is 1.09. The van der Waals surface area contributed by atoms with Crippen LogP contribution in [0.4, 0.5) is 0 Å². The molecule has 0 aromatic heterocycles. The van der Waals surface area contributed by atoms with E-state index in [0.29, 0.717) is 26.4 Å². The summed E-state index contributed by atoms with van der Waals surface area (Å²) in [6.07, 6.45) is 3.78. The molecule has 3 nitrogen and oxygen atoms in total. The van der Waals surface area contributed by atoms with Gasteiger partial charge in [0.05, 0.1) is 19.8 Å². The maximum atomic E-state index is 5.22. The Bertz CT molecular complexity index is 94.1. The van der Waals surface area contributed by atoms with Crippen LogP contribution in [0.5, 0.6) is 0 Å². The summed E-state index contributed by atoms with van der Waals surface area (Å²) in [5, 5.41) is 0. The van der Waals surface area contributed by atoms with Gasteiger partial charge in [0.1, 0.15) is 0 Å². The second-order valence-electron chi connectivity index (χ2n) is 1.98. The van der Waals surface area contributed by atoms with Crippen molar-refractivity contribution in [3.05, 3.63) is 12.2 Å². The predicted molar refractivity (Wildman–Crippen MR) is 45.5 cm³/mol. The Labute approximate surface area is 68.2 Å². The molecule has 0 fully saturated rings. The minimum absolute atomic E-state index is 0.578. The molecule has 0 aliphatic heterocycles. The van der Waals surface area contributed by atoms with Gasteiger partial charge in [-0.25, -0.2) is 0 Å². The van der Waals surface area contributed by atoms with Gasteiger partial charge in [-0.05, 0) is 6.92 Å². The monoisotopic (exact) mass is 159 g/mol. The topological polar surface area (TPSA) is 44.5 Å². The number of ether oxygens (including phenoxy) is 2. The van der Waals surface area contributed by atoms with Crippen LogP contribution in [0.3, 0.4) is 0 Å². The summed E-state index contributed by atoms with van der Waals surface area (Å²) in [4.78, 5) is 0. The molecule has 0 saturated carbocycles. The van der Waals surface area contributed by atoms with Gasteiger partial charge in [0.25, 0.3) is 0 Å². The Hall–Kier alpha value is -0.380. The summed E-state index contributed by atoms with van der Waals surface area (Å²) in [7, 11) is 0. The van der Waals surface area contributed by atoms with Gasteiger partial charge in [-0.15, -0.1) is 0 Å². The molecule has 2 N–H and O–H groups in total. The van der Waals surface area contributed by atoms with Gasteiger partial charge >= 0.3 is 0 Å². The van der Waals surface area contributed by atoms with Gasteiger partial charge in [-0.2, -0.15) is 0 Å². The van der Waals surface area contributed by atoms with Gasteiger partial charge in [0, 0.05) is 13.2 Å². The van der Waals surface area contributed by atoms with Crippen molar-refractivity contribution in [2.75, 3.05) is 33.0 Å². The van der Waals surface area contributed by atoms with Gasteiger partial charge < -0.3 is 15.2 Å². The first-order chi connectivity index (χ1) is 5.41. The highest BCUT2D eigenvalue weighted by molar-refractivity contribution is 4.81. The molecule has 0 bridgehead atoms. The lowest BCUT2D eigenvalue weighted by molar-refractivity contribution is 0.0643. The van der Waals surface area contributed by atoms with Crippen LogP contribution in [-0.4, -0.2) is 33.0 Å². The van der Waals surface area contributed by atoms with Crippen LogP contribution < -0.4 is 5.73 Å². The maximum absolute atomic E-state index is 5.22. The van der Waals surface area contributed by atoms with E-state index >= 15 is 0 Å². The molecule has 0 spiro atoms. The summed E-state index contributed by atoms with van der Waals surface area (Å²) >= 11 is 0. The molecule has 0 heterocycles. The van der Waals surface area contributed by atoms with Crippen molar-refractivity contribution in [2.24, 2.45) is 5.73 Å². The minimum Gasteiger partial charge on any atom is -0.379 e. The molecule has 0 aromatic carbocycles. The highest BCUT2D eigenvalue weighted by Crippen LogP contribution is 1.79. The Balaban J connectivity index is 2.85. The van der Waals surface area contributed by atoms with Gasteiger partial charge in [0.15, 0.2) is 0 Å². The zero-order valence-electron chi connectivity index (χ0n) is 7.08. The van der Waals surface area contributed by atoms with E-state index in [1.54, 1.807) is 0 Å². The quantitative estimate of drug-likeness (QED) is 0.436. The van der Waals surface area contributed by atoms with Crippen molar-refractivity contribution in [2.45, 2.75) is 6.92 Å². The SMILES string of the molecule is CCOCCOCC=CCN. The van der Waals surface area contributed by atoms with E-state index in [2.05, 4.69) is 0 Å². The lowest BCUT2D eigenvalue weighted by atomic mass is 10.5. The molecular weight excluding hydrogens is 142 g/mol. The van der Waals surface area contributed by atoms with Gasteiger partial charge in [0.2, 0.25) is 0 Å². The van der Waals surface area contributed by atoms with Gasteiger partial charge in [-0.3, -0.25) is 0 Å². The normalized spacial score (nSPS) is 11.1. The van der Waals surface area contributed by atoms with Crippen LogP contribution in [0.15, 0.2) is 12.2 Å². The first kappa shape index (κ1) is 10.6. The van der Waals surface area contributed by atoms with E-state index in [1.165, 1.54) is 0 Å². The Kier molecular flexibility index (Phi) is 9.29. The molecule has 0 aliphatic carbocycles. The van der Waals surface area contributed by atoms with Crippen molar-refractivity contribution >= 4 is 0 Å². The highest BCUT2D eigenvalue weighted by Gasteiger charge is 1.83. The minimum atomic E-state index is 0.578. The molecule has 0 aromatic rings.